The molecule has 1 heterocycles. The summed E-state index contributed by atoms with van der Waals surface area (Å²) in [6.07, 6.45) is 0.710. The van der Waals surface area contributed by atoms with Crippen LogP contribution in [0.4, 0.5) is 14.5 Å². The minimum absolute atomic E-state index is 0.0181. The molecule has 1 aliphatic rings. The van der Waals surface area contributed by atoms with E-state index < -0.39 is 17.0 Å². The summed E-state index contributed by atoms with van der Waals surface area (Å²) in [6.45, 7) is 3.17. The van der Waals surface area contributed by atoms with Crippen LogP contribution in [-0.4, -0.2) is 19.0 Å². The fraction of sp³-hybridized carbons (Fsp3) is 0.417. The predicted molar refractivity (Wildman–Crippen MR) is 60.6 cm³/mol. The van der Waals surface area contributed by atoms with E-state index in [1.165, 1.54) is 6.07 Å². The molecule has 1 unspecified atom stereocenters. The highest BCUT2D eigenvalue weighted by Crippen LogP contribution is 2.27. The lowest BCUT2D eigenvalue weighted by atomic mass is 9.89. The van der Waals surface area contributed by atoms with Crippen molar-refractivity contribution in [3.63, 3.8) is 0 Å². The van der Waals surface area contributed by atoms with Gasteiger partial charge in [0.25, 0.3) is 0 Å². The topological polar surface area (TPSA) is 41.1 Å². The second kappa shape index (κ2) is 4.41. The summed E-state index contributed by atoms with van der Waals surface area (Å²) in [5.41, 5.74) is -0.509. The lowest BCUT2D eigenvalue weighted by molar-refractivity contribution is -0.123. The van der Waals surface area contributed by atoms with E-state index in [9.17, 15) is 13.6 Å². The predicted octanol–water partition coefficient (Wildman–Crippen LogP) is 1.90. The monoisotopic (exact) mass is 240 g/mol. The van der Waals surface area contributed by atoms with Gasteiger partial charge in [-0.25, -0.2) is 8.78 Å². The van der Waals surface area contributed by atoms with Gasteiger partial charge in [-0.15, -0.1) is 0 Å². The van der Waals surface area contributed by atoms with Gasteiger partial charge >= 0.3 is 0 Å². The Morgan fingerprint density at radius 3 is 2.82 bits per heavy atom. The van der Waals surface area contributed by atoms with Crippen LogP contribution < -0.4 is 10.6 Å². The van der Waals surface area contributed by atoms with E-state index in [4.69, 9.17) is 0 Å². The molecule has 0 saturated carbocycles. The molecule has 0 aromatic heterocycles. The van der Waals surface area contributed by atoms with Gasteiger partial charge in [0.2, 0.25) is 5.91 Å². The third kappa shape index (κ3) is 2.44. The van der Waals surface area contributed by atoms with Crippen LogP contribution in [0.25, 0.3) is 0 Å². The number of halogens is 2. The third-order valence-corrected chi connectivity index (χ3v) is 3.10. The molecule has 1 saturated heterocycles. The number of carbonyl (C=O) groups excluding carboxylic acids is 1. The van der Waals surface area contributed by atoms with Crippen LogP contribution in [0.5, 0.6) is 0 Å². The zero-order valence-electron chi connectivity index (χ0n) is 9.52. The van der Waals surface area contributed by atoms with Crippen molar-refractivity contribution >= 4 is 11.6 Å². The molecule has 1 amide bonds. The Hall–Kier alpha value is -1.49. The van der Waals surface area contributed by atoms with E-state index in [0.717, 1.165) is 18.7 Å². The SMILES string of the molecule is CC1(C(=O)Nc2ccc(F)cc2F)CCNC1. The summed E-state index contributed by atoms with van der Waals surface area (Å²) in [6, 6.07) is 3.10. The van der Waals surface area contributed by atoms with Gasteiger partial charge in [0.1, 0.15) is 11.6 Å². The normalized spacial score (nSPS) is 23.7. The summed E-state index contributed by atoms with van der Waals surface area (Å²) in [7, 11) is 0. The summed E-state index contributed by atoms with van der Waals surface area (Å²) in [4.78, 5) is 12.0. The van der Waals surface area contributed by atoms with Gasteiger partial charge in [-0.05, 0) is 32.0 Å². The second-order valence-corrected chi connectivity index (χ2v) is 4.57. The van der Waals surface area contributed by atoms with Gasteiger partial charge in [0.05, 0.1) is 11.1 Å². The highest BCUT2D eigenvalue weighted by atomic mass is 19.1. The first-order valence-corrected chi connectivity index (χ1v) is 5.48. The van der Waals surface area contributed by atoms with Crippen LogP contribution in [-0.2, 0) is 4.79 Å². The summed E-state index contributed by atoms with van der Waals surface area (Å²) in [5.74, 6) is -1.66. The third-order valence-electron chi connectivity index (χ3n) is 3.10. The Morgan fingerprint density at radius 1 is 1.47 bits per heavy atom. The molecule has 2 N–H and O–H groups in total. The van der Waals surface area contributed by atoms with Gasteiger partial charge in [-0.2, -0.15) is 0 Å². The Balaban J connectivity index is 2.13. The molecule has 1 aliphatic heterocycles. The van der Waals surface area contributed by atoms with Gasteiger partial charge in [0.15, 0.2) is 0 Å². The zero-order valence-corrected chi connectivity index (χ0v) is 9.52. The van der Waals surface area contributed by atoms with Crippen molar-refractivity contribution in [3.8, 4) is 0 Å². The van der Waals surface area contributed by atoms with Gasteiger partial charge in [0, 0.05) is 12.6 Å². The van der Waals surface area contributed by atoms with E-state index in [-0.39, 0.29) is 11.6 Å². The first kappa shape index (κ1) is 12.0. The Labute approximate surface area is 98.2 Å². The molecule has 1 aromatic carbocycles. The smallest absolute Gasteiger partial charge is 0.231 e. The lowest BCUT2D eigenvalue weighted by Gasteiger charge is -2.21. The standard InChI is InChI=1S/C12H14F2N2O/c1-12(4-5-15-7-12)11(17)16-10-3-2-8(13)6-9(10)14/h2-3,6,15H,4-5,7H2,1H3,(H,16,17). The summed E-state index contributed by atoms with van der Waals surface area (Å²) < 4.78 is 26.1. The quantitative estimate of drug-likeness (QED) is 0.829. The highest BCUT2D eigenvalue weighted by molar-refractivity contribution is 5.95. The molecule has 0 aliphatic carbocycles. The van der Waals surface area contributed by atoms with E-state index >= 15 is 0 Å². The molecule has 2 rings (SSSR count). The molecule has 92 valence electrons. The van der Waals surface area contributed by atoms with Gasteiger partial charge < -0.3 is 10.6 Å². The average Bonchev–Trinajstić information content (AvgIpc) is 2.71. The molecule has 1 atom stereocenters. The highest BCUT2D eigenvalue weighted by Gasteiger charge is 2.36. The van der Waals surface area contributed by atoms with E-state index in [2.05, 4.69) is 10.6 Å². The molecule has 1 aromatic rings. The van der Waals surface area contributed by atoms with Crippen molar-refractivity contribution in [1.29, 1.82) is 0 Å². The maximum Gasteiger partial charge on any atom is 0.231 e. The van der Waals surface area contributed by atoms with E-state index in [1.807, 2.05) is 6.92 Å². The Bertz CT molecular complexity index is 442. The number of amides is 1. The molecule has 5 heteroatoms. The minimum atomic E-state index is -0.757. The largest absolute Gasteiger partial charge is 0.323 e. The number of hydrogen-bond acceptors (Lipinski definition) is 2. The summed E-state index contributed by atoms with van der Waals surface area (Å²) in [5, 5.41) is 5.59. The maximum absolute atomic E-state index is 13.4. The Morgan fingerprint density at radius 2 is 2.24 bits per heavy atom. The second-order valence-electron chi connectivity index (χ2n) is 4.57. The van der Waals surface area contributed by atoms with Gasteiger partial charge in [-0.1, -0.05) is 0 Å². The molecule has 0 radical (unpaired) electrons. The maximum atomic E-state index is 13.4. The first-order valence-electron chi connectivity index (χ1n) is 5.48. The zero-order chi connectivity index (χ0) is 12.5. The van der Waals surface area contributed by atoms with Crippen molar-refractivity contribution < 1.29 is 13.6 Å². The van der Waals surface area contributed by atoms with Crippen molar-refractivity contribution in [1.82, 2.24) is 5.32 Å². The van der Waals surface area contributed by atoms with Crippen LogP contribution in [0.3, 0.4) is 0 Å². The van der Waals surface area contributed by atoms with Crippen LogP contribution >= 0.6 is 0 Å². The van der Waals surface area contributed by atoms with Crippen molar-refractivity contribution in [2.75, 3.05) is 18.4 Å². The molecule has 17 heavy (non-hydrogen) atoms. The molecular weight excluding hydrogens is 226 g/mol. The van der Waals surface area contributed by atoms with Gasteiger partial charge in [-0.3, -0.25) is 4.79 Å². The number of carbonyl (C=O) groups is 1. The lowest BCUT2D eigenvalue weighted by Crippen LogP contribution is -2.35. The molecule has 3 nitrogen and oxygen atoms in total. The first-order chi connectivity index (χ1) is 8.01. The Kier molecular flexibility index (Phi) is 3.11. The number of hydrogen-bond donors (Lipinski definition) is 2. The van der Waals surface area contributed by atoms with Crippen molar-refractivity contribution in [2.24, 2.45) is 5.41 Å². The van der Waals surface area contributed by atoms with Crippen LogP contribution in [0.2, 0.25) is 0 Å². The average molecular weight is 240 g/mol. The van der Waals surface area contributed by atoms with E-state index in [1.54, 1.807) is 0 Å². The molecule has 0 bridgehead atoms. The van der Waals surface area contributed by atoms with Crippen LogP contribution in [0.15, 0.2) is 18.2 Å². The molecular formula is C12H14F2N2O. The molecule has 1 fully saturated rings. The fourth-order valence-electron chi connectivity index (χ4n) is 1.87. The number of rotatable bonds is 2. The van der Waals surface area contributed by atoms with Crippen molar-refractivity contribution in [2.45, 2.75) is 13.3 Å². The number of nitrogens with one attached hydrogen (secondary N) is 2. The fourth-order valence-corrected chi connectivity index (χ4v) is 1.87. The minimum Gasteiger partial charge on any atom is -0.323 e. The van der Waals surface area contributed by atoms with E-state index in [0.29, 0.717) is 13.0 Å². The van der Waals surface area contributed by atoms with Crippen LogP contribution in [0.1, 0.15) is 13.3 Å². The number of benzene rings is 1. The molecule has 0 spiro atoms. The van der Waals surface area contributed by atoms with Crippen molar-refractivity contribution in [3.05, 3.63) is 29.8 Å². The summed E-state index contributed by atoms with van der Waals surface area (Å²) >= 11 is 0. The van der Waals surface area contributed by atoms with Crippen LogP contribution in [0, 0.1) is 17.0 Å². The number of anilines is 1.